The van der Waals surface area contributed by atoms with Crippen molar-refractivity contribution >= 4 is 11.6 Å². The molecule has 0 aliphatic carbocycles. The van der Waals surface area contributed by atoms with Crippen LogP contribution in [-0.2, 0) is 6.42 Å². The second-order valence-corrected chi connectivity index (χ2v) is 5.43. The molecule has 3 heteroatoms. The van der Waals surface area contributed by atoms with Crippen molar-refractivity contribution in [3.8, 4) is 11.3 Å². The molecule has 0 fully saturated rings. The summed E-state index contributed by atoms with van der Waals surface area (Å²) in [6.45, 7) is 6.33. The number of halogens is 1. The first kappa shape index (κ1) is 14.0. The van der Waals surface area contributed by atoms with E-state index in [4.69, 9.17) is 11.6 Å². The first-order valence-corrected chi connectivity index (χ1v) is 7.11. The Morgan fingerprint density at radius 3 is 2.63 bits per heavy atom. The molecule has 2 rings (SSSR count). The highest BCUT2D eigenvalue weighted by Gasteiger charge is 2.09. The summed E-state index contributed by atoms with van der Waals surface area (Å²) < 4.78 is 0. The van der Waals surface area contributed by atoms with Crippen LogP contribution in [0.15, 0.2) is 30.3 Å². The minimum atomic E-state index is 0.274. The molecule has 100 valence electrons. The topological polar surface area (TPSA) is 25.8 Å². The normalized spacial score (nSPS) is 11.0. The summed E-state index contributed by atoms with van der Waals surface area (Å²) in [7, 11) is 0. The second-order valence-electron chi connectivity index (χ2n) is 5.04. The Kier molecular flexibility index (Phi) is 4.54. The molecule has 0 radical (unpaired) electrons. The van der Waals surface area contributed by atoms with Gasteiger partial charge in [-0.05, 0) is 18.1 Å². The molecular formula is C16H19ClN2. The highest BCUT2D eigenvalue weighted by atomic mass is 35.5. The molecule has 0 amide bonds. The van der Waals surface area contributed by atoms with E-state index in [1.807, 2.05) is 6.07 Å². The summed E-state index contributed by atoms with van der Waals surface area (Å²) in [5.41, 5.74) is 3.35. The third kappa shape index (κ3) is 3.54. The first-order valence-electron chi connectivity index (χ1n) is 6.74. The average Bonchev–Trinajstić information content (AvgIpc) is 2.38. The van der Waals surface area contributed by atoms with E-state index in [9.17, 15) is 0 Å². The second kappa shape index (κ2) is 6.16. The number of hydrogen-bond donors (Lipinski definition) is 0. The molecule has 0 N–H and O–H groups in total. The molecule has 0 atom stereocenters. The van der Waals surface area contributed by atoms with Crippen molar-refractivity contribution in [1.29, 1.82) is 0 Å². The SMILES string of the molecule is CCCc1cccc(-c2cc(Cl)nc(C(C)C)n2)c1. The van der Waals surface area contributed by atoms with E-state index in [-0.39, 0.29) is 5.92 Å². The summed E-state index contributed by atoms with van der Waals surface area (Å²) in [6, 6.07) is 10.3. The summed E-state index contributed by atoms with van der Waals surface area (Å²) >= 11 is 6.09. The number of rotatable bonds is 4. The lowest BCUT2D eigenvalue weighted by Crippen LogP contribution is -1.99. The van der Waals surface area contributed by atoms with Crippen LogP contribution in [0.1, 0.15) is 44.5 Å². The fourth-order valence-electron chi connectivity index (χ4n) is 2.02. The molecule has 0 saturated carbocycles. The zero-order valence-electron chi connectivity index (χ0n) is 11.7. The monoisotopic (exact) mass is 274 g/mol. The van der Waals surface area contributed by atoms with Gasteiger partial charge >= 0.3 is 0 Å². The molecule has 0 aliphatic heterocycles. The van der Waals surface area contributed by atoms with E-state index in [1.165, 1.54) is 5.56 Å². The van der Waals surface area contributed by atoms with Crippen LogP contribution in [0, 0.1) is 0 Å². The van der Waals surface area contributed by atoms with Crippen molar-refractivity contribution in [2.45, 2.75) is 39.5 Å². The Morgan fingerprint density at radius 1 is 1.16 bits per heavy atom. The lowest BCUT2D eigenvalue weighted by molar-refractivity contribution is 0.776. The third-order valence-corrected chi connectivity index (χ3v) is 3.18. The Labute approximate surface area is 119 Å². The maximum absolute atomic E-state index is 6.09. The molecular weight excluding hydrogens is 256 g/mol. The van der Waals surface area contributed by atoms with Gasteiger partial charge in [0.1, 0.15) is 11.0 Å². The van der Waals surface area contributed by atoms with Crippen LogP contribution >= 0.6 is 11.6 Å². The van der Waals surface area contributed by atoms with Crippen molar-refractivity contribution in [2.24, 2.45) is 0 Å². The maximum atomic E-state index is 6.09. The van der Waals surface area contributed by atoms with Crippen molar-refractivity contribution < 1.29 is 0 Å². The maximum Gasteiger partial charge on any atom is 0.133 e. The summed E-state index contributed by atoms with van der Waals surface area (Å²) in [4.78, 5) is 8.88. The van der Waals surface area contributed by atoms with Gasteiger partial charge in [-0.2, -0.15) is 0 Å². The number of nitrogens with zero attached hydrogens (tertiary/aromatic N) is 2. The lowest BCUT2D eigenvalue weighted by Gasteiger charge is -2.08. The molecule has 2 nitrogen and oxygen atoms in total. The highest BCUT2D eigenvalue weighted by molar-refractivity contribution is 6.29. The molecule has 0 spiro atoms. The van der Waals surface area contributed by atoms with Crippen LogP contribution in [0.4, 0.5) is 0 Å². The van der Waals surface area contributed by atoms with Gasteiger partial charge in [0.25, 0.3) is 0 Å². The van der Waals surface area contributed by atoms with Crippen molar-refractivity contribution in [1.82, 2.24) is 9.97 Å². The molecule has 1 aromatic carbocycles. The van der Waals surface area contributed by atoms with Gasteiger partial charge in [0.15, 0.2) is 0 Å². The van der Waals surface area contributed by atoms with Crippen LogP contribution in [0.25, 0.3) is 11.3 Å². The molecule has 0 aliphatic rings. The van der Waals surface area contributed by atoms with Crippen molar-refractivity contribution in [3.63, 3.8) is 0 Å². The third-order valence-electron chi connectivity index (χ3n) is 2.99. The van der Waals surface area contributed by atoms with E-state index in [1.54, 1.807) is 0 Å². The molecule has 0 unspecified atom stereocenters. The van der Waals surface area contributed by atoms with Gasteiger partial charge in [-0.3, -0.25) is 0 Å². The summed E-state index contributed by atoms with van der Waals surface area (Å²) in [5.74, 6) is 1.07. The standard InChI is InChI=1S/C16H19ClN2/c1-4-6-12-7-5-8-13(9-12)14-10-15(17)19-16(18-14)11(2)3/h5,7-11H,4,6H2,1-3H3. The van der Waals surface area contributed by atoms with Gasteiger partial charge in [0.05, 0.1) is 5.69 Å². The van der Waals surface area contributed by atoms with E-state index in [0.29, 0.717) is 5.15 Å². The zero-order valence-corrected chi connectivity index (χ0v) is 12.4. The van der Waals surface area contributed by atoms with Crippen LogP contribution in [-0.4, -0.2) is 9.97 Å². The molecule has 0 bridgehead atoms. The van der Waals surface area contributed by atoms with Crippen molar-refractivity contribution in [2.75, 3.05) is 0 Å². The minimum absolute atomic E-state index is 0.274. The largest absolute Gasteiger partial charge is 0.233 e. The predicted octanol–water partition coefficient (Wildman–Crippen LogP) is 4.87. The Hall–Kier alpha value is -1.41. The Balaban J connectivity index is 2.43. The summed E-state index contributed by atoms with van der Waals surface area (Å²) in [5, 5.41) is 0.509. The number of aromatic nitrogens is 2. The fraction of sp³-hybridized carbons (Fsp3) is 0.375. The molecule has 2 aromatic rings. The number of benzene rings is 1. The number of hydrogen-bond acceptors (Lipinski definition) is 2. The first-order chi connectivity index (χ1) is 9.10. The van der Waals surface area contributed by atoms with Crippen LogP contribution in [0.2, 0.25) is 5.15 Å². The fourth-order valence-corrected chi connectivity index (χ4v) is 2.21. The van der Waals surface area contributed by atoms with Gasteiger partial charge in [-0.25, -0.2) is 9.97 Å². The molecule has 0 saturated heterocycles. The molecule has 1 heterocycles. The van der Waals surface area contributed by atoms with Gasteiger partial charge in [0, 0.05) is 17.5 Å². The van der Waals surface area contributed by atoms with Crippen molar-refractivity contribution in [3.05, 3.63) is 46.9 Å². The van der Waals surface area contributed by atoms with Crippen LogP contribution in [0.5, 0.6) is 0 Å². The van der Waals surface area contributed by atoms with E-state index < -0.39 is 0 Å². The lowest BCUT2D eigenvalue weighted by atomic mass is 10.0. The van der Waals surface area contributed by atoms with Gasteiger partial charge in [-0.15, -0.1) is 0 Å². The molecule has 1 aromatic heterocycles. The highest BCUT2D eigenvalue weighted by Crippen LogP contribution is 2.23. The average molecular weight is 275 g/mol. The van der Waals surface area contributed by atoms with Gasteiger partial charge in [-0.1, -0.05) is 57.0 Å². The van der Waals surface area contributed by atoms with Crippen LogP contribution in [0.3, 0.4) is 0 Å². The minimum Gasteiger partial charge on any atom is -0.233 e. The smallest absolute Gasteiger partial charge is 0.133 e. The van der Waals surface area contributed by atoms with Crippen LogP contribution < -0.4 is 0 Å². The molecule has 19 heavy (non-hydrogen) atoms. The van der Waals surface area contributed by atoms with Gasteiger partial charge < -0.3 is 0 Å². The zero-order chi connectivity index (χ0) is 13.8. The summed E-state index contributed by atoms with van der Waals surface area (Å²) in [6.07, 6.45) is 2.23. The van der Waals surface area contributed by atoms with E-state index >= 15 is 0 Å². The Bertz CT molecular complexity index is 564. The predicted molar refractivity (Wildman–Crippen MR) is 80.6 cm³/mol. The van der Waals surface area contributed by atoms with E-state index in [0.717, 1.165) is 29.9 Å². The van der Waals surface area contributed by atoms with Gasteiger partial charge in [0.2, 0.25) is 0 Å². The number of aryl methyl sites for hydroxylation is 1. The Morgan fingerprint density at radius 2 is 1.95 bits per heavy atom. The quantitative estimate of drug-likeness (QED) is 0.743. The van der Waals surface area contributed by atoms with E-state index in [2.05, 4.69) is 55.0 Å².